The van der Waals surface area contributed by atoms with Gasteiger partial charge in [0.05, 0.1) is 5.69 Å². The Morgan fingerprint density at radius 2 is 1.84 bits per heavy atom. The van der Waals surface area contributed by atoms with Crippen LogP contribution in [0.15, 0.2) is 12.1 Å². The fourth-order valence-corrected chi connectivity index (χ4v) is 4.14. The first kappa shape index (κ1) is 16.9. The van der Waals surface area contributed by atoms with Gasteiger partial charge in [0.15, 0.2) is 6.10 Å². The van der Waals surface area contributed by atoms with Crippen LogP contribution in [0.2, 0.25) is 0 Å². The molecule has 5 heteroatoms. The van der Waals surface area contributed by atoms with Gasteiger partial charge in [-0.2, -0.15) is 0 Å². The summed E-state index contributed by atoms with van der Waals surface area (Å²) >= 11 is 0. The average molecular weight is 343 g/mol. The fourth-order valence-electron chi connectivity index (χ4n) is 4.14. The van der Waals surface area contributed by atoms with Gasteiger partial charge >= 0.3 is 0 Å². The molecule has 1 fully saturated rings. The SMILES string of the molecule is CN1CCN(CCCC2Oc3cc4c(cc3NC2=O)CCCC4)CC1. The molecule has 1 amide bonds. The number of carbonyl (C=O) groups is 1. The fraction of sp³-hybridized carbons (Fsp3) is 0.650. The molecule has 1 aromatic rings. The summed E-state index contributed by atoms with van der Waals surface area (Å²) in [7, 11) is 2.17. The van der Waals surface area contributed by atoms with E-state index in [1.54, 1.807) is 0 Å². The Morgan fingerprint density at radius 3 is 2.60 bits per heavy atom. The number of fused-ring (bicyclic) bond motifs is 2. The number of anilines is 1. The highest BCUT2D eigenvalue weighted by molar-refractivity contribution is 5.97. The third-order valence-electron chi connectivity index (χ3n) is 5.80. The van der Waals surface area contributed by atoms with E-state index in [0.717, 1.165) is 69.8 Å². The number of amides is 1. The van der Waals surface area contributed by atoms with Gasteiger partial charge in [0.25, 0.3) is 5.91 Å². The van der Waals surface area contributed by atoms with Gasteiger partial charge in [0, 0.05) is 26.2 Å². The maximum atomic E-state index is 12.4. The molecule has 0 saturated carbocycles. The van der Waals surface area contributed by atoms with Crippen LogP contribution < -0.4 is 10.1 Å². The topological polar surface area (TPSA) is 44.8 Å². The summed E-state index contributed by atoms with van der Waals surface area (Å²) in [6.07, 6.45) is 6.20. The molecular formula is C20H29N3O2. The third-order valence-corrected chi connectivity index (χ3v) is 5.80. The number of hydrogen-bond donors (Lipinski definition) is 1. The number of nitrogens with one attached hydrogen (secondary N) is 1. The van der Waals surface area contributed by atoms with Crippen LogP contribution in [0, 0.1) is 0 Å². The number of likely N-dealkylation sites (N-methyl/N-ethyl adjacent to an activating group) is 1. The minimum Gasteiger partial charge on any atom is -0.478 e. The summed E-state index contributed by atoms with van der Waals surface area (Å²) in [5, 5.41) is 3.07. The highest BCUT2D eigenvalue weighted by Gasteiger charge is 2.29. The average Bonchev–Trinajstić information content (AvgIpc) is 2.62. The number of rotatable bonds is 4. The van der Waals surface area contributed by atoms with Gasteiger partial charge in [0.2, 0.25) is 0 Å². The van der Waals surface area contributed by atoms with Crippen molar-refractivity contribution in [2.45, 2.75) is 44.6 Å². The Balaban J connectivity index is 1.34. The van der Waals surface area contributed by atoms with Gasteiger partial charge in [0.1, 0.15) is 5.75 Å². The second-order valence-electron chi connectivity index (χ2n) is 7.71. The molecule has 2 aliphatic heterocycles. The van der Waals surface area contributed by atoms with Crippen LogP contribution in [-0.4, -0.2) is 61.6 Å². The molecule has 1 saturated heterocycles. The summed E-state index contributed by atoms with van der Waals surface area (Å²) in [4.78, 5) is 17.3. The van der Waals surface area contributed by atoms with Crippen LogP contribution in [0.3, 0.4) is 0 Å². The van der Waals surface area contributed by atoms with Crippen LogP contribution in [0.5, 0.6) is 5.75 Å². The van der Waals surface area contributed by atoms with Gasteiger partial charge in [-0.05, 0) is 75.4 Å². The third kappa shape index (κ3) is 3.82. The highest BCUT2D eigenvalue weighted by atomic mass is 16.5. The zero-order valence-electron chi connectivity index (χ0n) is 15.2. The molecule has 0 aromatic heterocycles. The number of ether oxygens (including phenoxy) is 1. The second kappa shape index (κ2) is 7.34. The van der Waals surface area contributed by atoms with E-state index in [1.165, 1.54) is 24.0 Å². The summed E-state index contributed by atoms with van der Waals surface area (Å²) in [6.45, 7) is 5.59. The lowest BCUT2D eigenvalue weighted by molar-refractivity contribution is -0.123. The number of piperazine rings is 1. The van der Waals surface area contributed by atoms with E-state index in [0.29, 0.717) is 0 Å². The molecule has 5 nitrogen and oxygen atoms in total. The zero-order valence-corrected chi connectivity index (χ0v) is 15.2. The molecule has 3 aliphatic rings. The zero-order chi connectivity index (χ0) is 17.2. The lowest BCUT2D eigenvalue weighted by Gasteiger charge is -2.33. The normalized spacial score (nSPS) is 24.2. The molecule has 136 valence electrons. The van der Waals surface area contributed by atoms with Crippen molar-refractivity contribution in [3.8, 4) is 5.75 Å². The predicted molar refractivity (Wildman–Crippen MR) is 99.3 cm³/mol. The Kier molecular flexibility index (Phi) is 4.95. The minimum atomic E-state index is -0.346. The predicted octanol–water partition coefficient (Wildman–Crippen LogP) is 2.29. The molecule has 0 spiro atoms. The highest BCUT2D eigenvalue weighted by Crippen LogP contribution is 2.36. The summed E-state index contributed by atoms with van der Waals surface area (Å²) in [5.41, 5.74) is 3.64. The molecule has 4 rings (SSSR count). The number of carbonyl (C=O) groups excluding carboxylic acids is 1. The second-order valence-corrected chi connectivity index (χ2v) is 7.71. The Hall–Kier alpha value is -1.59. The van der Waals surface area contributed by atoms with Gasteiger partial charge in [-0.1, -0.05) is 0 Å². The van der Waals surface area contributed by atoms with E-state index in [9.17, 15) is 4.79 Å². The van der Waals surface area contributed by atoms with Crippen LogP contribution in [0.1, 0.15) is 36.8 Å². The molecule has 1 aromatic carbocycles. The smallest absolute Gasteiger partial charge is 0.265 e. The molecule has 1 unspecified atom stereocenters. The van der Waals surface area contributed by atoms with Crippen molar-refractivity contribution in [2.24, 2.45) is 0 Å². The Morgan fingerprint density at radius 1 is 1.12 bits per heavy atom. The first-order valence-corrected chi connectivity index (χ1v) is 9.73. The molecule has 2 heterocycles. The van der Waals surface area contributed by atoms with Gasteiger partial charge in [-0.3, -0.25) is 4.79 Å². The Bertz CT molecular complexity index is 638. The molecule has 0 radical (unpaired) electrons. The van der Waals surface area contributed by atoms with Gasteiger partial charge in [-0.25, -0.2) is 0 Å². The molecular weight excluding hydrogens is 314 g/mol. The molecule has 1 atom stereocenters. The molecule has 0 bridgehead atoms. The maximum absolute atomic E-state index is 12.4. The van der Waals surface area contributed by atoms with E-state index in [1.807, 2.05) is 0 Å². The van der Waals surface area contributed by atoms with Crippen molar-refractivity contribution in [3.63, 3.8) is 0 Å². The van der Waals surface area contributed by atoms with E-state index in [4.69, 9.17) is 4.74 Å². The number of benzene rings is 1. The quantitative estimate of drug-likeness (QED) is 0.911. The summed E-state index contributed by atoms with van der Waals surface area (Å²) in [6, 6.07) is 4.29. The summed E-state index contributed by atoms with van der Waals surface area (Å²) in [5.74, 6) is 0.881. The monoisotopic (exact) mass is 343 g/mol. The van der Waals surface area contributed by atoms with Crippen molar-refractivity contribution < 1.29 is 9.53 Å². The van der Waals surface area contributed by atoms with Crippen LogP contribution in [0.4, 0.5) is 5.69 Å². The van der Waals surface area contributed by atoms with Crippen molar-refractivity contribution >= 4 is 11.6 Å². The van der Waals surface area contributed by atoms with Crippen molar-refractivity contribution in [1.29, 1.82) is 0 Å². The lowest BCUT2D eigenvalue weighted by atomic mass is 9.90. The van der Waals surface area contributed by atoms with Gasteiger partial charge < -0.3 is 19.9 Å². The Labute approximate surface area is 150 Å². The first-order valence-electron chi connectivity index (χ1n) is 9.73. The van der Waals surface area contributed by atoms with E-state index < -0.39 is 0 Å². The molecule has 25 heavy (non-hydrogen) atoms. The van der Waals surface area contributed by atoms with Crippen LogP contribution in [-0.2, 0) is 17.6 Å². The summed E-state index contributed by atoms with van der Waals surface area (Å²) < 4.78 is 6.08. The van der Waals surface area contributed by atoms with E-state index >= 15 is 0 Å². The first-order chi connectivity index (χ1) is 12.2. The van der Waals surface area contributed by atoms with E-state index in [2.05, 4.69) is 34.3 Å². The van der Waals surface area contributed by atoms with Crippen molar-refractivity contribution in [3.05, 3.63) is 23.3 Å². The van der Waals surface area contributed by atoms with Gasteiger partial charge in [-0.15, -0.1) is 0 Å². The number of hydrogen-bond acceptors (Lipinski definition) is 4. The maximum Gasteiger partial charge on any atom is 0.265 e. The van der Waals surface area contributed by atoms with Crippen LogP contribution in [0.25, 0.3) is 0 Å². The number of aryl methyl sites for hydroxylation is 2. The van der Waals surface area contributed by atoms with Crippen LogP contribution >= 0.6 is 0 Å². The lowest BCUT2D eigenvalue weighted by Crippen LogP contribution is -2.45. The molecule has 1 aliphatic carbocycles. The van der Waals surface area contributed by atoms with E-state index in [-0.39, 0.29) is 12.0 Å². The van der Waals surface area contributed by atoms with Crippen molar-refractivity contribution in [2.75, 3.05) is 45.1 Å². The largest absolute Gasteiger partial charge is 0.478 e. The standard InChI is InChI=1S/C20H29N3O2/c1-22-9-11-23(12-10-22)8-4-7-18-20(24)21-17-13-15-5-2-3-6-16(15)14-19(17)25-18/h13-14,18H,2-12H2,1H3,(H,21,24). The van der Waals surface area contributed by atoms with Crippen molar-refractivity contribution in [1.82, 2.24) is 9.80 Å². The number of nitrogens with zero attached hydrogens (tertiary/aromatic N) is 2. The minimum absolute atomic E-state index is 0.0154. The molecule has 1 N–H and O–H groups in total.